The number of carbonyl (C=O) groups excluding carboxylic acids is 1. The fourth-order valence-corrected chi connectivity index (χ4v) is 2.52. The SMILES string of the molecule is CC(C)CC(=O)N[C@@H](Cc1ccc(OCc2ccccc2)cc1)C(=O)O. The van der Waals surface area contributed by atoms with Crippen molar-refractivity contribution in [1.29, 1.82) is 0 Å². The van der Waals surface area contributed by atoms with Gasteiger partial charge in [0.1, 0.15) is 18.4 Å². The molecule has 0 heterocycles. The van der Waals surface area contributed by atoms with Gasteiger partial charge in [0.05, 0.1) is 0 Å². The third kappa shape index (κ3) is 6.59. The Morgan fingerprint density at radius 2 is 1.65 bits per heavy atom. The molecule has 0 bridgehead atoms. The Balaban J connectivity index is 1.91. The molecule has 0 aliphatic carbocycles. The number of amides is 1. The number of rotatable bonds is 9. The van der Waals surface area contributed by atoms with E-state index in [4.69, 9.17) is 4.74 Å². The normalized spacial score (nSPS) is 11.8. The average molecular weight is 355 g/mol. The average Bonchev–Trinajstić information content (AvgIpc) is 2.60. The van der Waals surface area contributed by atoms with Gasteiger partial charge >= 0.3 is 5.97 Å². The molecule has 2 rings (SSSR count). The predicted molar refractivity (Wildman–Crippen MR) is 99.9 cm³/mol. The van der Waals surface area contributed by atoms with E-state index < -0.39 is 12.0 Å². The zero-order valence-electron chi connectivity index (χ0n) is 15.1. The first-order valence-corrected chi connectivity index (χ1v) is 8.72. The Morgan fingerprint density at radius 3 is 2.23 bits per heavy atom. The van der Waals surface area contributed by atoms with Gasteiger partial charge in [-0.05, 0) is 29.2 Å². The van der Waals surface area contributed by atoms with E-state index in [9.17, 15) is 14.7 Å². The largest absolute Gasteiger partial charge is 0.489 e. The van der Waals surface area contributed by atoms with Crippen LogP contribution >= 0.6 is 0 Å². The lowest BCUT2D eigenvalue weighted by Crippen LogP contribution is -2.42. The van der Waals surface area contributed by atoms with Crippen LogP contribution in [-0.4, -0.2) is 23.0 Å². The van der Waals surface area contributed by atoms with Crippen LogP contribution in [-0.2, 0) is 22.6 Å². The highest BCUT2D eigenvalue weighted by molar-refractivity contribution is 5.83. The van der Waals surface area contributed by atoms with E-state index in [1.54, 1.807) is 0 Å². The van der Waals surface area contributed by atoms with Crippen molar-refractivity contribution in [1.82, 2.24) is 5.32 Å². The van der Waals surface area contributed by atoms with Gasteiger partial charge in [-0.3, -0.25) is 4.79 Å². The van der Waals surface area contributed by atoms with Crippen LogP contribution in [0.5, 0.6) is 5.75 Å². The first kappa shape index (κ1) is 19.5. The van der Waals surface area contributed by atoms with E-state index in [0.29, 0.717) is 18.8 Å². The highest BCUT2D eigenvalue weighted by atomic mass is 16.5. The lowest BCUT2D eigenvalue weighted by atomic mass is 10.0. The molecule has 1 amide bonds. The van der Waals surface area contributed by atoms with Crippen molar-refractivity contribution < 1.29 is 19.4 Å². The molecule has 2 aromatic rings. The van der Waals surface area contributed by atoms with Crippen LogP contribution in [0.1, 0.15) is 31.4 Å². The minimum Gasteiger partial charge on any atom is -0.489 e. The number of hydrogen-bond donors (Lipinski definition) is 2. The second-order valence-corrected chi connectivity index (χ2v) is 6.68. The molecule has 0 radical (unpaired) electrons. The van der Waals surface area contributed by atoms with Gasteiger partial charge in [0, 0.05) is 12.8 Å². The summed E-state index contributed by atoms with van der Waals surface area (Å²) < 4.78 is 5.72. The molecule has 0 saturated heterocycles. The third-order valence-electron chi connectivity index (χ3n) is 3.84. The van der Waals surface area contributed by atoms with Crippen molar-refractivity contribution >= 4 is 11.9 Å². The summed E-state index contributed by atoms with van der Waals surface area (Å²) in [6.45, 7) is 4.32. The number of benzene rings is 2. The summed E-state index contributed by atoms with van der Waals surface area (Å²) in [5, 5.41) is 11.9. The van der Waals surface area contributed by atoms with Gasteiger partial charge in [-0.1, -0.05) is 56.3 Å². The maximum atomic E-state index is 11.8. The molecule has 0 spiro atoms. The number of carboxylic acids is 1. The van der Waals surface area contributed by atoms with Gasteiger partial charge in [0.2, 0.25) is 5.91 Å². The van der Waals surface area contributed by atoms with E-state index in [0.717, 1.165) is 11.1 Å². The molecule has 0 aliphatic heterocycles. The molecule has 0 aromatic heterocycles. The monoisotopic (exact) mass is 355 g/mol. The van der Waals surface area contributed by atoms with Crippen LogP contribution in [0.2, 0.25) is 0 Å². The minimum atomic E-state index is -1.04. The lowest BCUT2D eigenvalue weighted by Gasteiger charge is -2.16. The molecule has 2 aromatic carbocycles. The number of hydrogen-bond acceptors (Lipinski definition) is 3. The minimum absolute atomic E-state index is 0.186. The van der Waals surface area contributed by atoms with E-state index >= 15 is 0 Å². The number of carboxylic acid groups (broad SMARTS) is 1. The molecule has 5 nitrogen and oxygen atoms in total. The van der Waals surface area contributed by atoms with E-state index in [1.807, 2.05) is 68.4 Å². The summed E-state index contributed by atoms with van der Waals surface area (Å²) >= 11 is 0. The number of carbonyl (C=O) groups is 2. The zero-order chi connectivity index (χ0) is 18.9. The summed E-state index contributed by atoms with van der Waals surface area (Å²) in [7, 11) is 0. The Labute approximate surface area is 154 Å². The highest BCUT2D eigenvalue weighted by Crippen LogP contribution is 2.15. The second kappa shape index (κ2) is 9.61. The Bertz CT molecular complexity index is 711. The van der Waals surface area contributed by atoms with Gasteiger partial charge in [-0.25, -0.2) is 4.79 Å². The van der Waals surface area contributed by atoms with Crippen LogP contribution in [0.3, 0.4) is 0 Å². The van der Waals surface area contributed by atoms with Gasteiger partial charge in [0.25, 0.3) is 0 Å². The van der Waals surface area contributed by atoms with Gasteiger partial charge in [-0.2, -0.15) is 0 Å². The van der Waals surface area contributed by atoms with Gasteiger partial charge in [-0.15, -0.1) is 0 Å². The van der Waals surface area contributed by atoms with Crippen molar-refractivity contribution in [3.05, 3.63) is 65.7 Å². The summed E-state index contributed by atoms with van der Waals surface area (Å²) in [6, 6.07) is 16.2. The maximum Gasteiger partial charge on any atom is 0.326 e. The highest BCUT2D eigenvalue weighted by Gasteiger charge is 2.20. The summed E-state index contributed by atoms with van der Waals surface area (Å²) in [5.74, 6) is -0.375. The first-order chi connectivity index (χ1) is 12.4. The fraction of sp³-hybridized carbons (Fsp3) is 0.333. The molecule has 26 heavy (non-hydrogen) atoms. The second-order valence-electron chi connectivity index (χ2n) is 6.68. The molecular formula is C21H25NO4. The van der Waals surface area contributed by atoms with Crippen LogP contribution in [0.4, 0.5) is 0 Å². The van der Waals surface area contributed by atoms with E-state index in [1.165, 1.54) is 0 Å². The molecule has 5 heteroatoms. The Morgan fingerprint density at radius 1 is 1.00 bits per heavy atom. The van der Waals surface area contributed by atoms with Crippen molar-refractivity contribution in [2.24, 2.45) is 5.92 Å². The van der Waals surface area contributed by atoms with Crippen LogP contribution in [0.25, 0.3) is 0 Å². The van der Waals surface area contributed by atoms with E-state index in [2.05, 4.69) is 5.32 Å². The molecule has 0 fully saturated rings. The van der Waals surface area contributed by atoms with E-state index in [-0.39, 0.29) is 18.2 Å². The molecule has 2 N–H and O–H groups in total. The van der Waals surface area contributed by atoms with Gasteiger partial charge in [0.15, 0.2) is 0 Å². The van der Waals surface area contributed by atoms with Crippen LogP contribution in [0.15, 0.2) is 54.6 Å². The number of ether oxygens (including phenoxy) is 1. The van der Waals surface area contributed by atoms with Crippen molar-refractivity contribution in [2.45, 2.75) is 39.3 Å². The number of aliphatic carboxylic acids is 1. The molecule has 138 valence electrons. The predicted octanol–water partition coefficient (Wildman–Crippen LogP) is 3.42. The van der Waals surface area contributed by atoms with Crippen molar-refractivity contribution in [2.75, 3.05) is 0 Å². The lowest BCUT2D eigenvalue weighted by molar-refractivity contribution is -0.141. The topological polar surface area (TPSA) is 75.6 Å². The molecule has 0 saturated carbocycles. The van der Waals surface area contributed by atoms with Crippen LogP contribution < -0.4 is 10.1 Å². The van der Waals surface area contributed by atoms with Crippen molar-refractivity contribution in [3.63, 3.8) is 0 Å². The van der Waals surface area contributed by atoms with Crippen LogP contribution in [0, 0.1) is 5.92 Å². The smallest absolute Gasteiger partial charge is 0.326 e. The standard InChI is InChI=1S/C21H25NO4/c1-15(2)12-20(23)22-19(21(24)25)13-16-8-10-18(11-9-16)26-14-17-6-4-3-5-7-17/h3-11,15,19H,12-14H2,1-2H3,(H,22,23)(H,24,25)/t19-/m0/s1. The maximum absolute atomic E-state index is 11.8. The summed E-state index contributed by atoms with van der Waals surface area (Å²) in [5.41, 5.74) is 1.91. The Hall–Kier alpha value is -2.82. The molecule has 0 unspecified atom stereocenters. The Kier molecular flexibility index (Phi) is 7.21. The zero-order valence-corrected chi connectivity index (χ0v) is 15.1. The quantitative estimate of drug-likeness (QED) is 0.723. The molecule has 0 aliphatic rings. The molecule has 1 atom stereocenters. The first-order valence-electron chi connectivity index (χ1n) is 8.72. The fourth-order valence-electron chi connectivity index (χ4n) is 2.52. The van der Waals surface area contributed by atoms with Gasteiger partial charge < -0.3 is 15.2 Å². The summed E-state index contributed by atoms with van der Waals surface area (Å²) in [6.07, 6.45) is 0.550. The summed E-state index contributed by atoms with van der Waals surface area (Å²) in [4.78, 5) is 23.3. The third-order valence-corrected chi connectivity index (χ3v) is 3.84. The number of nitrogens with one attached hydrogen (secondary N) is 1. The van der Waals surface area contributed by atoms with Crippen molar-refractivity contribution in [3.8, 4) is 5.75 Å². The molecular weight excluding hydrogens is 330 g/mol.